The lowest BCUT2D eigenvalue weighted by atomic mass is 10.2. The van der Waals surface area contributed by atoms with Gasteiger partial charge in [-0.3, -0.25) is 0 Å². The molecule has 0 aliphatic rings. The van der Waals surface area contributed by atoms with Crippen molar-refractivity contribution >= 4 is 29.4 Å². The van der Waals surface area contributed by atoms with Crippen molar-refractivity contribution in [3.8, 4) is 11.3 Å². The monoisotopic (exact) mass is 254 g/mol. The SMILES string of the molecule is N/N=C\c1ccc(-c2ccc(Cl)c(Cl)c2)o1. The summed E-state index contributed by atoms with van der Waals surface area (Å²) in [7, 11) is 0. The van der Waals surface area contributed by atoms with Crippen LogP contribution in [0.2, 0.25) is 10.0 Å². The molecule has 1 aromatic heterocycles. The Bertz CT molecular complexity index is 535. The predicted octanol–water partition coefficient (Wildman–Crippen LogP) is 3.55. The summed E-state index contributed by atoms with van der Waals surface area (Å²) in [6.07, 6.45) is 1.43. The van der Waals surface area contributed by atoms with Crippen LogP contribution in [0.15, 0.2) is 39.9 Å². The molecule has 0 radical (unpaired) electrons. The number of hydrogen-bond donors (Lipinski definition) is 1. The minimum absolute atomic E-state index is 0.490. The van der Waals surface area contributed by atoms with Gasteiger partial charge in [0.25, 0.3) is 0 Å². The third kappa shape index (κ3) is 2.21. The first kappa shape index (κ1) is 11.0. The fraction of sp³-hybridized carbons (Fsp3) is 0. The molecule has 16 heavy (non-hydrogen) atoms. The lowest BCUT2D eigenvalue weighted by Gasteiger charge is -1.99. The maximum Gasteiger partial charge on any atom is 0.147 e. The van der Waals surface area contributed by atoms with E-state index in [1.54, 1.807) is 18.2 Å². The van der Waals surface area contributed by atoms with Crippen LogP contribution in [0.1, 0.15) is 5.76 Å². The van der Waals surface area contributed by atoms with Crippen LogP contribution >= 0.6 is 23.2 Å². The highest BCUT2D eigenvalue weighted by Crippen LogP contribution is 2.29. The molecule has 0 fully saturated rings. The van der Waals surface area contributed by atoms with Crippen molar-refractivity contribution in [3.63, 3.8) is 0 Å². The Balaban J connectivity index is 2.38. The smallest absolute Gasteiger partial charge is 0.147 e. The number of nitrogens with two attached hydrogens (primary N) is 1. The first-order valence-corrected chi connectivity index (χ1v) is 5.25. The molecule has 0 aliphatic heterocycles. The van der Waals surface area contributed by atoms with Crippen LogP contribution in [-0.4, -0.2) is 6.21 Å². The van der Waals surface area contributed by atoms with Crippen molar-refractivity contribution in [1.82, 2.24) is 0 Å². The van der Waals surface area contributed by atoms with Gasteiger partial charge in [-0.2, -0.15) is 5.10 Å². The van der Waals surface area contributed by atoms with Crippen molar-refractivity contribution in [2.24, 2.45) is 10.9 Å². The zero-order valence-corrected chi connectivity index (χ0v) is 9.66. The average molecular weight is 255 g/mol. The summed E-state index contributed by atoms with van der Waals surface area (Å²) in [6, 6.07) is 8.88. The van der Waals surface area contributed by atoms with Gasteiger partial charge in [-0.25, -0.2) is 0 Å². The number of hydrazone groups is 1. The molecule has 82 valence electrons. The molecule has 0 amide bonds. The van der Waals surface area contributed by atoms with Crippen molar-refractivity contribution in [1.29, 1.82) is 0 Å². The van der Waals surface area contributed by atoms with Crippen molar-refractivity contribution in [2.45, 2.75) is 0 Å². The van der Waals surface area contributed by atoms with Gasteiger partial charge in [-0.15, -0.1) is 0 Å². The third-order valence-corrected chi connectivity index (χ3v) is 2.77. The zero-order valence-electron chi connectivity index (χ0n) is 8.15. The highest BCUT2D eigenvalue weighted by atomic mass is 35.5. The average Bonchev–Trinajstić information content (AvgIpc) is 2.71. The van der Waals surface area contributed by atoms with E-state index < -0.39 is 0 Å². The second-order valence-electron chi connectivity index (χ2n) is 3.11. The minimum Gasteiger partial charge on any atom is -0.455 e. The van der Waals surface area contributed by atoms with Crippen LogP contribution in [0.4, 0.5) is 0 Å². The molecule has 0 spiro atoms. The highest BCUT2D eigenvalue weighted by Gasteiger charge is 2.05. The van der Waals surface area contributed by atoms with Crippen LogP contribution in [0.5, 0.6) is 0 Å². The van der Waals surface area contributed by atoms with Crippen LogP contribution in [0.3, 0.4) is 0 Å². The zero-order chi connectivity index (χ0) is 11.5. The quantitative estimate of drug-likeness (QED) is 0.506. The van der Waals surface area contributed by atoms with Crippen LogP contribution in [-0.2, 0) is 0 Å². The van der Waals surface area contributed by atoms with Crippen molar-refractivity contribution in [2.75, 3.05) is 0 Å². The summed E-state index contributed by atoms with van der Waals surface area (Å²) < 4.78 is 5.47. The molecule has 1 aromatic carbocycles. The summed E-state index contributed by atoms with van der Waals surface area (Å²) in [5, 5.41) is 4.38. The van der Waals surface area contributed by atoms with Gasteiger partial charge in [0.1, 0.15) is 11.5 Å². The molecule has 0 aliphatic carbocycles. The first-order valence-electron chi connectivity index (χ1n) is 4.49. The number of hydrogen-bond acceptors (Lipinski definition) is 3. The van der Waals surface area contributed by atoms with Crippen molar-refractivity contribution < 1.29 is 4.42 Å². The molecule has 0 atom stereocenters. The van der Waals surface area contributed by atoms with Gasteiger partial charge in [0.15, 0.2) is 0 Å². The Morgan fingerprint density at radius 1 is 1.12 bits per heavy atom. The molecule has 0 bridgehead atoms. The molecule has 5 heteroatoms. The predicted molar refractivity (Wildman–Crippen MR) is 65.9 cm³/mol. The van der Waals surface area contributed by atoms with Crippen LogP contribution in [0.25, 0.3) is 11.3 Å². The van der Waals surface area contributed by atoms with E-state index in [4.69, 9.17) is 33.5 Å². The minimum atomic E-state index is 0.490. The summed E-state index contributed by atoms with van der Waals surface area (Å²) in [5.74, 6) is 6.30. The summed E-state index contributed by atoms with van der Waals surface area (Å²) >= 11 is 11.7. The van der Waals surface area contributed by atoms with E-state index in [9.17, 15) is 0 Å². The van der Waals surface area contributed by atoms with E-state index in [1.807, 2.05) is 12.1 Å². The Labute approximate surface area is 102 Å². The summed E-state index contributed by atoms with van der Waals surface area (Å²) in [6.45, 7) is 0. The van der Waals surface area contributed by atoms with Gasteiger partial charge < -0.3 is 10.3 Å². The van der Waals surface area contributed by atoms with Crippen LogP contribution < -0.4 is 5.84 Å². The van der Waals surface area contributed by atoms with E-state index in [1.165, 1.54) is 6.21 Å². The number of rotatable bonds is 2. The van der Waals surface area contributed by atoms with Gasteiger partial charge in [0, 0.05) is 5.56 Å². The Kier molecular flexibility index (Phi) is 3.17. The molecule has 0 saturated carbocycles. The van der Waals surface area contributed by atoms with Crippen molar-refractivity contribution in [3.05, 3.63) is 46.1 Å². The van der Waals surface area contributed by atoms with E-state index in [0.29, 0.717) is 21.6 Å². The summed E-state index contributed by atoms with van der Waals surface area (Å²) in [4.78, 5) is 0. The standard InChI is InChI=1S/C11H8Cl2N2O/c12-9-3-1-7(5-10(9)13)11-4-2-8(16-11)6-15-14/h1-6H,14H2/b15-6-. The molecule has 2 aromatic rings. The van der Waals surface area contributed by atoms with Gasteiger partial charge >= 0.3 is 0 Å². The Morgan fingerprint density at radius 3 is 2.62 bits per heavy atom. The van der Waals surface area contributed by atoms with E-state index in [0.717, 1.165) is 5.56 Å². The summed E-state index contributed by atoms with van der Waals surface area (Å²) in [5.41, 5.74) is 0.853. The maximum atomic E-state index is 5.91. The van der Waals surface area contributed by atoms with Gasteiger partial charge in [0.2, 0.25) is 0 Å². The largest absolute Gasteiger partial charge is 0.455 e. The molecular formula is C11H8Cl2N2O. The van der Waals surface area contributed by atoms with Crippen LogP contribution in [0, 0.1) is 0 Å². The number of nitrogens with zero attached hydrogens (tertiary/aromatic N) is 1. The number of halogens is 2. The lowest BCUT2D eigenvalue weighted by molar-refractivity contribution is 0.575. The molecule has 2 N–H and O–H groups in total. The number of furan rings is 1. The van der Waals surface area contributed by atoms with Gasteiger partial charge in [-0.1, -0.05) is 23.2 Å². The molecule has 3 nitrogen and oxygen atoms in total. The topological polar surface area (TPSA) is 51.5 Å². The second-order valence-corrected chi connectivity index (χ2v) is 3.92. The molecule has 1 heterocycles. The molecule has 0 unspecified atom stereocenters. The van der Waals surface area contributed by atoms with E-state index >= 15 is 0 Å². The fourth-order valence-corrected chi connectivity index (χ4v) is 1.60. The fourth-order valence-electron chi connectivity index (χ4n) is 1.30. The van der Waals surface area contributed by atoms with Gasteiger partial charge in [0.05, 0.1) is 16.3 Å². The molecular weight excluding hydrogens is 247 g/mol. The highest BCUT2D eigenvalue weighted by molar-refractivity contribution is 6.42. The molecule has 0 saturated heterocycles. The maximum absolute atomic E-state index is 5.91. The van der Waals surface area contributed by atoms with E-state index in [2.05, 4.69) is 5.10 Å². The number of benzene rings is 1. The lowest BCUT2D eigenvalue weighted by Crippen LogP contribution is -1.82. The first-order chi connectivity index (χ1) is 7.70. The van der Waals surface area contributed by atoms with E-state index in [-0.39, 0.29) is 0 Å². The Morgan fingerprint density at radius 2 is 1.94 bits per heavy atom. The third-order valence-electron chi connectivity index (χ3n) is 2.03. The van der Waals surface area contributed by atoms with Gasteiger partial charge in [-0.05, 0) is 30.3 Å². The Hall–Kier alpha value is -1.45. The molecule has 2 rings (SSSR count). The normalized spacial score (nSPS) is 11.1. The second kappa shape index (κ2) is 4.60.